The monoisotopic (exact) mass is 276 g/mol. The van der Waals surface area contributed by atoms with Gasteiger partial charge in [0, 0.05) is 19.7 Å². The molecule has 2 rings (SSSR count). The lowest BCUT2D eigenvalue weighted by Crippen LogP contribution is -2.25. The Hall–Kier alpha value is -1.60. The molecule has 1 aromatic rings. The maximum Gasteiger partial charge on any atom is 0.124 e. The van der Waals surface area contributed by atoms with E-state index in [1.807, 2.05) is 0 Å². The molecule has 0 N–H and O–H groups in total. The van der Waals surface area contributed by atoms with Crippen molar-refractivity contribution in [2.75, 3.05) is 24.6 Å². The first-order valence-electron chi connectivity index (χ1n) is 7.30. The Morgan fingerprint density at radius 1 is 1.40 bits per heavy atom. The van der Waals surface area contributed by atoms with Gasteiger partial charge >= 0.3 is 0 Å². The molecule has 1 heterocycles. The van der Waals surface area contributed by atoms with Gasteiger partial charge in [-0.2, -0.15) is 5.26 Å². The molecule has 0 aliphatic carbocycles. The SMILES string of the molecule is CCCOC1CCCN(c2ccc(F)cc2C#N)CC1. The van der Waals surface area contributed by atoms with E-state index in [2.05, 4.69) is 17.9 Å². The maximum absolute atomic E-state index is 13.2. The fourth-order valence-electron chi connectivity index (χ4n) is 2.63. The van der Waals surface area contributed by atoms with Crippen LogP contribution in [0.2, 0.25) is 0 Å². The number of nitrogens with zero attached hydrogens (tertiary/aromatic N) is 2. The van der Waals surface area contributed by atoms with Crippen LogP contribution in [0.4, 0.5) is 10.1 Å². The van der Waals surface area contributed by atoms with Gasteiger partial charge in [0.2, 0.25) is 0 Å². The summed E-state index contributed by atoms with van der Waals surface area (Å²) in [5, 5.41) is 9.14. The molecule has 1 aliphatic rings. The Morgan fingerprint density at radius 3 is 3.00 bits per heavy atom. The standard InChI is InChI=1S/C16H21FN2O/c1-2-10-20-15-4-3-8-19(9-7-15)16-6-5-14(17)11-13(16)12-18/h5-6,11,15H,2-4,7-10H2,1H3. The third kappa shape index (κ3) is 3.71. The minimum absolute atomic E-state index is 0.311. The first-order valence-corrected chi connectivity index (χ1v) is 7.30. The predicted octanol–water partition coefficient (Wildman–Crippen LogP) is 3.48. The van der Waals surface area contributed by atoms with Gasteiger partial charge in [-0.05, 0) is 43.9 Å². The largest absolute Gasteiger partial charge is 0.378 e. The van der Waals surface area contributed by atoms with E-state index in [-0.39, 0.29) is 5.82 Å². The summed E-state index contributed by atoms with van der Waals surface area (Å²) in [6, 6.07) is 6.53. The Balaban J connectivity index is 2.05. The topological polar surface area (TPSA) is 36.3 Å². The molecule has 1 unspecified atom stereocenters. The van der Waals surface area contributed by atoms with Crippen molar-refractivity contribution in [1.29, 1.82) is 5.26 Å². The average molecular weight is 276 g/mol. The summed E-state index contributed by atoms with van der Waals surface area (Å²) >= 11 is 0. The zero-order chi connectivity index (χ0) is 14.4. The predicted molar refractivity (Wildman–Crippen MR) is 77.2 cm³/mol. The van der Waals surface area contributed by atoms with Crippen molar-refractivity contribution >= 4 is 5.69 Å². The fraction of sp³-hybridized carbons (Fsp3) is 0.562. The van der Waals surface area contributed by atoms with Crippen molar-refractivity contribution in [3.8, 4) is 6.07 Å². The first kappa shape index (κ1) is 14.8. The first-order chi connectivity index (χ1) is 9.74. The number of benzene rings is 1. The van der Waals surface area contributed by atoms with Crippen LogP contribution in [0.1, 0.15) is 38.2 Å². The van der Waals surface area contributed by atoms with E-state index < -0.39 is 0 Å². The zero-order valence-corrected chi connectivity index (χ0v) is 11.9. The summed E-state index contributed by atoms with van der Waals surface area (Å²) in [5.74, 6) is -0.357. The number of hydrogen-bond donors (Lipinski definition) is 0. The Bertz CT molecular complexity index is 484. The van der Waals surface area contributed by atoms with Gasteiger partial charge in [-0.15, -0.1) is 0 Å². The molecule has 0 bridgehead atoms. The molecular formula is C16H21FN2O. The number of halogens is 1. The molecule has 0 spiro atoms. The normalized spacial score (nSPS) is 19.4. The lowest BCUT2D eigenvalue weighted by Gasteiger charge is -2.24. The van der Waals surface area contributed by atoms with Gasteiger partial charge in [0.05, 0.1) is 17.4 Å². The summed E-state index contributed by atoms with van der Waals surface area (Å²) < 4.78 is 19.0. The van der Waals surface area contributed by atoms with Crippen molar-refractivity contribution in [3.63, 3.8) is 0 Å². The lowest BCUT2D eigenvalue weighted by molar-refractivity contribution is 0.0461. The molecule has 1 aliphatic heterocycles. The van der Waals surface area contributed by atoms with Gasteiger partial charge in [-0.25, -0.2) is 4.39 Å². The van der Waals surface area contributed by atoms with E-state index in [1.54, 1.807) is 6.07 Å². The number of anilines is 1. The van der Waals surface area contributed by atoms with Gasteiger partial charge in [0.25, 0.3) is 0 Å². The molecule has 3 nitrogen and oxygen atoms in total. The van der Waals surface area contributed by atoms with Crippen molar-refractivity contribution in [2.24, 2.45) is 0 Å². The minimum Gasteiger partial charge on any atom is -0.378 e. The summed E-state index contributed by atoms with van der Waals surface area (Å²) in [4.78, 5) is 2.17. The van der Waals surface area contributed by atoms with Crippen LogP contribution in [0.3, 0.4) is 0 Å². The second-order valence-corrected chi connectivity index (χ2v) is 5.18. The second-order valence-electron chi connectivity index (χ2n) is 5.18. The smallest absolute Gasteiger partial charge is 0.124 e. The van der Waals surface area contributed by atoms with Crippen LogP contribution in [0.5, 0.6) is 0 Å². The summed E-state index contributed by atoms with van der Waals surface area (Å²) in [6.07, 6.45) is 4.40. The average Bonchev–Trinajstić information content (AvgIpc) is 2.70. The van der Waals surface area contributed by atoms with E-state index in [9.17, 15) is 4.39 Å². The molecule has 0 radical (unpaired) electrons. The van der Waals surface area contributed by atoms with Crippen LogP contribution in [-0.2, 0) is 4.74 Å². The molecule has 1 fully saturated rings. The highest BCUT2D eigenvalue weighted by Crippen LogP contribution is 2.25. The van der Waals surface area contributed by atoms with E-state index in [1.165, 1.54) is 12.1 Å². The minimum atomic E-state index is -0.357. The molecule has 4 heteroatoms. The number of hydrogen-bond acceptors (Lipinski definition) is 3. The fourth-order valence-corrected chi connectivity index (χ4v) is 2.63. The molecule has 0 aromatic heterocycles. The van der Waals surface area contributed by atoms with E-state index in [0.29, 0.717) is 11.7 Å². The van der Waals surface area contributed by atoms with E-state index in [4.69, 9.17) is 10.00 Å². The summed E-state index contributed by atoms with van der Waals surface area (Å²) in [6.45, 7) is 4.67. The highest BCUT2D eigenvalue weighted by atomic mass is 19.1. The third-order valence-corrected chi connectivity index (χ3v) is 3.65. The number of nitriles is 1. The van der Waals surface area contributed by atoms with E-state index in [0.717, 1.165) is 51.1 Å². The highest BCUT2D eigenvalue weighted by molar-refractivity contribution is 5.59. The van der Waals surface area contributed by atoms with Crippen LogP contribution >= 0.6 is 0 Å². The Morgan fingerprint density at radius 2 is 2.25 bits per heavy atom. The molecule has 0 saturated carbocycles. The van der Waals surface area contributed by atoms with Gasteiger partial charge in [-0.3, -0.25) is 0 Å². The van der Waals surface area contributed by atoms with Crippen LogP contribution in [0.25, 0.3) is 0 Å². The highest BCUT2D eigenvalue weighted by Gasteiger charge is 2.19. The summed E-state index contributed by atoms with van der Waals surface area (Å²) in [7, 11) is 0. The quantitative estimate of drug-likeness (QED) is 0.844. The van der Waals surface area contributed by atoms with Crippen molar-refractivity contribution in [1.82, 2.24) is 0 Å². The zero-order valence-electron chi connectivity index (χ0n) is 11.9. The second kappa shape index (κ2) is 7.25. The van der Waals surface area contributed by atoms with Crippen LogP contribution in [0, 0.1) is 17.1 Å². The number of rotatable bonds is 4. The van der Waals surface area contributed by atoms with Gasteiger partial charge in [0.15, 0.2) is 0 Å². The summed E-state index contributed by atoms with van der Waals surface area (Å²) in [5.41, 5.74) is 1.25. The molecule has 0 amide bonds. The van der Waals surface area contributed by atoms with Crippen molar-refractivity contribution in [2.45, 2.75) is 38.7 Å². The maximum atomic E-state index is 13.2. The lowest BCUT2D eigenvalue weighted by atomic mass is 10.1. The van der Waals surface area contributed by atoms with E-state index >= 15 is 0 Å². The molecular weight excluding hydrogens is 255 g/mol. The van der Waals surface area contributed by atoms with Gasteiger partial charge < -0.3 is 9.64 Å². The van der Waals surface area contributed by atoms with Crippen LogP contribution in [-0.4, -0.2) is 25.8 Å². The molecule has 1 saturated heterocycles. The molecule has 1 aromatic carbocycles. The van der Waals surface area contributed by atoms with Gasteiger partial charge in [-0.1, -0.05) is 6.92 Å². The molecule has 20 heavy (non-hydrogen) atoms. The number of ether oxygens (including phenoxy) is 1. The Labute approximate surface area is 120 Å². The third-order valence-electron chi connectivity index (χ3n) is 3.65. The van der Waals surface area contributed by atoms with Gasteiger partial charge in [0.1, 0.15) is 11.9 Å². The Kier molecular flexibility index (Phi) is 5.37. The van der Waals surface area contributed by atoms with Crippen molar-refractivity contribution in [3.05, 3.63) is 29.6 Å². The molecule has 108 valence electrons. The molecule has 1 atom stereocenters. The van der Waals surface area contributed by atoms with Crippen LogP contribution < -0.4 is 4.90 Å². The van der Waals surface area contributed by atoms with Crippen molar-refractivity contribution < 1.29 is 9.13 Å². The van der Waals surface area contributed by atoms with Crippen LogP contribution in [0.15, 0.2) is 18.2 Å².